The highest BCUT2D eigenvalue weighted by atomic mass is 16.5. The number of aliphatic carboxylic acids is 1. The van der Waals surface area contributed by atoms with Crippen LogP contribution in [0.1, 0.15) is 22.3 Å². The van der Waals surface area contributed by atoms with Gasteiger partial charge in [0.25, 0.3) is 0 Å². The fourth-order valence-electron chi connectivity index (χ4n) is 2.95. The molecule has 30 heavy (non-hydrogen) atoms. The number of hydrogen-bond donors (Lipinski definition) is 4. The minimum atomic E-state index is -1.34. The van der Waals surface area contributed by atoms with Crippen molar-refractivity contribution in [2.45, 2.75) is 39.0 Å². The molecule has 0 unspecified atom stereocenters. The maximum Gasteiger partial charge on any atom is 0.408 e. The van der Waals surface area contributed by atoms with Crippen LogP contribution in [0.2, 0.25) is 0 Å². The Balaban J connectivity index is 1.97. The molecule has 0 saturated carbocycles. The van der Waals surface area contributed by atoms with Gasteiger partial charge in [-0.3, -0.25) is 4.79 Å². The maximum absolute atomic E-state index is 12.5. The summed E-state index contributed by atoms with van der Waals surface area (Å²) in [6.45, 7) is 3.02. The van der Waals surface area contributed by atoms with E-state index in [1.165, 1.54) is 0 Å². The van der Waals surface area contributed by atoms with E-state index in [2.05, 4.69) is 10.6 Å². The number of carbonyl (C=O) groups excluding carboxylic acids is 2. The van der Waals surface area contributed by atoms with Crippen molar-refractivity contribution in [1.82, 2.24) is 10.6 Å². The lowest BCUT2D eigenvalue weighted by Crippen LogP contribution is -2.53. The largest absolute Gasteiger partial charge is 0.480 e. The smallest absolute Gasteiger partial charge is 0.408 e. The number of aliphatic hydroxyl groups is 1. The van der Waals surface area contributed by atoms with Crippen LogP contribution in [0.25, 0.3) is 0 Å². The molecule has 0 radical (unpaired) electrons. The average Bonchev–Trinajstić information content (AvgIpc) is 2.72. The number of carbonyl (C=O) groups is 3. The summed E-state index contributed by atoms with van der Waals surface area (Å²) in [6.07, 6.45) is -0.814. The molecule has 0 aliphatic rings. The highest BCUT2D eigenvalue weighted by Gasteiger charge is 2.27. The van der Waals surface area contributed by atoms with Gasteiger partial charge in [-0.05, 0) is 36.1 Å². The summed E-state index contributed by atoms with van der Waals surface area (Å²) < 4.78 is 5.03. The zero-order valence-electron chi connectivity index (χ0n) is 16.9. The lowest BCUT2D eigenvalue weighted by molar-refractivity contribution is -0.142. The lowest BCUT2D eigenvalue weighted by Gasteiger charge is -2.21. The summed E-state index contributed by atoms with van der Waals surface area (Å²) in [6, 6.07) is 12.0. The van der Waals surface area contributed by atoms with Crippen LogP contribution in [0.4, 0.5) is 4.79 Å². The highest BCUT2D eigenvalue weighted by Crippen LogP contribution is 2.15. The normalized spacial score (nSPS) is 12.5. The van der Waals surface area contributed by atoms with Crippen LogP contribution in [0, 0.1) is 13.8 Å². The first-order chi connectivity index (χ1) is 14.3. The first-order valence-corrected chi connectivity index (χ1v) is 9.48. The van der Waals surface area contributed by atoms with Gasteiger partial charge < -0.3 is 25.6 Å². The molecule has 0 aliphatic heterocycles. The Morgan fingerprint density at radius 1 is 0.933 bits per heavy atom. The van der Waals surface area contributed by atoms with E-state index in [1.54, 1.807) is 24.3 Å². The van der Waals surface area contributed by atoms with Crippen LogP contribution in [0.3, 0.4) is 0 Å². The van der Waals surface area contributed by atoms with Crippen LogP contribution in [0.5, 0.6) is 0 Å². The van der Waals surface area contributed by atoms with E-state index in [4.69, 9.17) is 4.74 Å². The number of ether oxygens (including phenoxy) is 1. The Morgan fingerprint density at radius 3 is 2.13 bits per heavy atom. The lowest BCUT2D eigenvalue weighted by atomic mass is 9.96. The number of amides is 2. The van der Waals surface area contributed by atoms with Gasteiger partial charge >= 0.3 is 12.1 Å². The van der Waals surface area contributed by atoms with Gasteiger partial charge in [-0.2, -0.15) is 0 Å². The Hall–Kier alpha value is -3.39. The molecular weight excluding hydrogens is 388 g/mol. The van der Waals surface area contributed by atoms with Crippen molar-refractivity contribution in [2.75, 3.05) is 6.61 Å². The molecule has 8 heteroatoms. The average molecular weight is 414 g/mol. The second-order valence-electron chi connectivity index (χ2n) is 6.92. The molecular formula is C22H26N2O6. The quantitative estimate of drug-likeness (QED) is 0.495. The van der Waals surface area contributed by atoms with Crippen molar-refractivity contribution < 1.29 is 29.3 Å². The van der Waals surface area contributed by atoms with E-state index < -0.39 is 36.7 Å². The number of hydrogen-bond acceptors (Lipinski definition) is 5. The Kier molecular flexibility index (Phi) is 8.37. The zero-order chi connectivity index (χ0) is 22.1. The molecule has 0 aliphatic carbocycles. The molecule has 160 valence electrons. The van der Waals surface area contributed by atoms with Crippen molar-refractivity contribution in [3.8, 4) is 0 Å². The second kappa shape index (κ2) is 11.0. The topological polar surface area (TPSA) is 125 Å². The molecule has 0 fully saturated rings. The molecule has 8 nitrogen and oxygen atoms in total. The van der Waals surface area contributed by atoms with E-state index in [-0.39, 0.29) is 13.0 Å². The number of nitrogens with one attached hydrogen (secondary N) is 2. The standard InChI is InChI=1S/C22H26N2O6/c1-14-7-6-8-15(2)17(14)11-18(21(27)28)23-20(26)19(12-25)24-22(29)30-13-16-9-4-3-5-10-16/h3-10,18-19,25H,11-13H2,1-2H3,(H,23,26)(H,24,29)(H,27,28)/t18-,19+/m1/s1. The van der Waals surface area contributed by atoms with Gasteiger partial charge in [-0.1, -0.05) is 48.5 Å². The van der Waals surface area contributed by atoms with Gasteiger partial charge in [0.1, 0.15) is 18.7 Å². The summed E-state index contributed by atoms with van der Waals surface area (Å²) in [5.74, 6) is -2.03. The molecule has 0 heterocycles. The van der Waals surface area contributed by atoms with E-state index in [0.717, 1.165) is 22.3 Å². The fraction of sp³-hybridized carbons (Fsp3) is 0.318. The van der Waals surface area contributed by atoms with Crippen molar-refractivity contribution in [1.29, 1.82) is 0 Å². The number of carboxylic acids is 1. The molecule has 2 rings (SSSR count). The highest BCUT2D eigenvalue weighted by molar-refractivity contribution is 5.89. The fourth-order valence-corrected chi connectivity index (χ4v) is 2.95. The summed E-state index contributed by atoms with van der Waals surface area (Å²) in [5, 5.41) is 23.6. The first-order valence-electron chi connectivity index (χ1n) is 9.48. The van der Waals surface area contributed by atoms with Gasteiger partial charge in [-0.15, -0.1) is 0 Å². The van der Waals surface area contributed by atoms with Gasteiger partial charge in [0.15, 0.2) is 0 Å². The second-order valence-corrected chi connectivity index (χ2v) is 6.92. The molecule has 0 spiro atoms. The minimum absolute atomic E-state index is 0.00322. The van der Waals surface area contributed by atoms with Crippen molar-refractivity contribution >= 4 is 18.0 Å². The molecule has 2 amide bonds. The molecule has 2 aromatic rings. The monoisotopic (exact) mass is 414 g/mol. The van der Waals surface area contributed by atoms with E-state index >= 15 is 0 Å². The summed E-state index contributed by atoms with van der Waals surface area (Å²) >= 11 is 0. The van der Waals surface area contributed by atoms with Crippen LogP contribution >= 0.6 is 0 Å². The van der Waals surface area contributed by atoms with Gasteiger partial charge in [0.2, 0.25) is 5.91 Å². The van der Waals surface area contributed by atoms with Crippen LogP contribution in [-0.2, 0) is 27.4 Å². The first kappa shape index (κ1) is 22.9. The van der Waals surface area contributed by atoms with Crippen molar-refractivity contribution in [2.24, 2.45) is 0 Å². The SMILES string of the molecule is Cc1cccc(C)c1C[C@@H](NC(=O)[C@H](CO)NC(=O)OCc1ccccc1)C(=O)O. The number of aryl methyl sites for hydroxylation is 2. The number of benzene rings is 2. The van der Waals surface area contributed by atoms with E-state index in [0.29, 0.717) is 0 Å². The molecule has 4 N–H and O–H groups in total. The summed E-state index contributed by atoms with van der Waals surface area (Å²) in [7, 11) is 0. The Bertz CT molecular complexity index is 864. The number of alkyl carbamates (subject to hydrolysis) is 1. The molecule has 0 bridgehead atoms. The van der Waals surface area contributed by atoms with Gasteiger partial charge in [-0.25, -0.2) is 9.59 Å². The molecule has 0 saturated heterocycles. The van der Waals surface area contributed by atoms with Crippen molar-refractivity contribution in [3.63, 3.8) is 0 Å². The minimum Gasteiger partial charge on any atom is -0.480 e. The number of carboxylic acid groups (broad SMARTS) is 1. The number of rotatable bonds is 9. The third-order valence-corrected chi connectivity index (χ3v) is 4.67. The Labute approximate surface area is 174 Å². The maximum atomic E-state index is 12.5. The molecule has 0 aromatic heterocycles. The van der Waals surface area contributed by atoms with Crippen LogP contribution < -0.4 is 10.6 Å². The van der Waals surface area contributed by atoms with Crippen LogP contribution in [0.15, 0.2) is 48.5 Å². The predicted octanol–water partition coefficient (Wildman–Crippen LogP) is 1.70. The number of aliphatic hydroxyl groups excluding tert-OH is 1. The molecule has 2 atom stereocenters. The van der Waals surface area contributed by atoms with Crippen molar-refractivity contribution in [3.05, 3.63) is 70.8 Å². The molecule has 2 aromatic carbocycles. The van der Waals surface area contributed by atoms with Gasteiger partial charge in [0.05, 0.1) is 6.61 Å². The summed E-state index contributed by atoms with van der Waals surface area (Å²) in [5.41, 5.74) is 3.41. The predicted molar refractivity (Wildman–Crippen MR) is 110 cm³/mol. The third-order valence-electron chi connectivity index (χ3n) is 4.67. The summed E-state index contributed by atoms with van der Waals surface area (Å²) in [4.78, 5) is 36.1. The van der Waals surface area contributed by atoms with Gasteiger partial charge in [0, 0.05) is 6.42 Å². The van der Waals surface area contributed by atoms with Crippen LogP contribution in [-0.4, -0.2) is 46.9 Å². The van der Waals surface area contributed by atoms with E-state index in [9.17, 15) is 24.6 Å². The Morgan fingerprint density at radius 2 is 1.57 bits per heavy atom. The third kappa shape index (κ3) is 6.59. The zero-order valence-corrected chi connectivity index (χ0v) is 16.9. The van der Waals surface area contributed by atoms with E-state index in [1.807, 2.05) is 38.1 Å².